The Balaban J connectivity index is 3.60. The minimum Gasteiger partial charge on any atom is -0.271 e. The van der Waals surface area contributed by atoms with Crippen molar-refractivity contribution < 1.29 is 0 Å². The van der Waals surface area contributed by atoms with Crippen molar-refractivity contribution in [2.45, 2.75) is 38.5 Å². The molecule has 1 unspecified atom stereocenters. The Bertz CT molecular complexity index is 134. The molecule has 0 fully saturated rings. The zero-order chi connectivity index (χ0) is 9.56. The summed E-state index contributed by atoms with van der Waals surface area (Å²) in [6.45, 7) is 10.3. The normalized spacial score (nSPS) is 13.4. The van der Waals surface area contributed by atoms with Crippen LogP contribution >= 0.6 is 11.8 Å². The summed E-state index contributed by atoms with van der Waals surface area (Å²) in [4.78, 5) is 0. The second-order valence-corrected chi connectivity index (χ2v) is 5.02. The van der Waals surface area contributed by atoms with E-state index >= 15 is 0 Å². The molecule has 0 saturated heterocycles. The average molecular weight is 188 g/mol. The fourth-order valence-corrected chi connectivity index (χ4v) is 1.73. The number of hydrogen-bond acceptors (Lipinski definition) is 3. The van der Waals surface area contributed by atoms with Crippen LogP contribution in [0.4, 0.5) is 0 Å². The van der Waals surface area contributed by atoms with Crippen molar-refractivity contribution in [2.24, 2.45) is 5.84 Å². The van der Waals surface area contributed by atoms with Crippen LogP contribution in [-0.2, 0) is 0 Å². The first kappa shape index (κ1) is 12.0. The Morgan fingerprint density at radius 3 is 2.50 bits per heavy atom. The molecule has 2 nitrogen and oxygen atoms in total. The van der Waals surface area contributed by atoms with Gasteiger partial charge in [0.2, 0.25) is 0 Å². The van der Waals surface area contributed by atoms with E-state index in [0.29, 0.717) is 11.3 Å². The van der Waals surface area contributed by atoms with E-state index in [1.165, 1.54) is 5.57 Å². The largest absolute Gasteiger partial charge is 0.271 e. The van der Waals surface area contributed by atoms with Crippen molar-refractivity contribution in [1.29, 1.82) is 0 Å². The molecule has 12 heavy (non-hydrogen) atoms. The predicted octanol–water partition coefficient (Wildman–Crippen LogP) is 1.93. The molecular formula is C9H20N2S. The van der Waals surface area contributed by atoms with Crippen molar-refractivity contribution in [3.63, 3.8) is 0 Å². The maximum Gasteiger partial charge on any atom is 0.0338 e. The molecule has 1 atom stereocenters. The van der Waals surface area contributed by atoms with Gasteiger partial charge in [0.1, 0.15) is 0 Å². The molecular weight excluding hydrogens is 168 g/mol. The van der Waals surface area contributed by atoms with Gasteiger partial charge in [0.15, 0.2) is 0 Å². The molecule has 0 rings (SSSR count). The number of hydrogen-bond donors (Lipinski definition) is 2. The molecule has 3 heteroatoms. The molecule has 0 heterocycles. The molecule has 0 radical (unpaired) electrons. The van der Waals surface area contributed by atoms with Gasteiger partial charge in [0.05, 0.1) is 0 Å². The van der Waals surface area contributed by atoms with E-state index in [0.717, 1.165) is 12.2 Å². The monoisotopic (exact) mass is 188 g/mol. The van der Waals surface area contributed by atoms with Crippen LogP contribution in [-0.4, -0.2) is 17.0 Å². The van der Waals surface area contributed by atoms with Crippen molar-refractivity contribution in [1.82, 2.24) is 5.43 Å². The highest BCUT2D eigenvalue weighted by Crippen LogP contribution is 2.13. The van der Waals surface area contributed by atoms with Crippen LogP contribution in [0, 0.1) is 0 Å². The highest BCUT2D eigenvalue weighted by molar-refractivity contribution is 7.99. The van der Waals surface area contributed by atoms with Gasteiger partial charge >= 0.3 is 0 Å². The number of nitrogens with two attached hydrogens (primary N) is 1. The fourth-order valence-electron chi connectivity index (χ4n) is 0.895. The summed E-state index contributed by atoms with van der Waals surface area (Å²) in [7, 11) is 0. The Hall–Kier alpha value is 0.01000. The highest BCUT2D eigenvalue weighted by atomic mass is 32.2. The summed E-state index contributed by atoms with van der Waals surface area (Å²) < 4.78 is 0. The fraction of sp³-hybridized carbons (Fsp3) is 0.778. The van der Waals surface area contributed by atoms with Gasteiger partial charge in [-0.25, -0.2) is 0 Å². The van der Waals surface area contributed by atoms with Crippen molar-refractivity contribution in [3.05, 3.63) is 12.2 Å². The third-order valence-corrected chi connectivity index (χ3v) is 2.72. The van der Waals surface area contributed by atoms with Gasteiger partial charge in [0, 0.05) is 11.8 Å². The van der Waals surface area contributed by atoms with Crippen LogP contribution in [0.5, 0.6) is 0 Å². The van der Waals surface area contributed by atoms with E-state index < -0.39 is 0 Å². The molecule has 0 aromatic rings. The Morgan fingerprint density at radius 2 is 2.17 bits per heavy atom. The zero-order valence-electron chi connectivity index (χ0n) is 8.26. The van der Waals surface area contributed by atoms with Crippen LogP contribution in [0.3, 0.4) is 0 Å². The van der Waals surface area contributed by atoms with Gasteiger partial charge in [-0.1, -0.05) is 19.4 Å². The summed E-state index contributed by atoms with van der Waals surface area (Å²) in [6, 6.07) is 0.370. The second-order valence-electron chi connectivity index (χ2n) is 3.41. The van der Waals surface area contributed by atoms with Crippen LogP contribution < -0.4 is 11.3 Å². The quantitative estimate of drug-likeness (QED) is 0.380. The first-order chi connectivity index (χ1) is 5.56. The molecule has 0 aromatic carbocycles. The van der Waals surface area contributed by atoms with E-state index in [1.807, 2.05) is 18.7 Å². The van der Waals surface area contributed by atoms with Crippen molar-refractivity contribution in [2.75, 3.05) is 5.75 Å². The molecule has 0 amide bonds. The van der Waals surface area contributed by atoms with E-state index in [9.17, 15) is 0 Å². The first-order valence-electron chi connectivity index (χ1n) is 4.28. The number of nitrogens with one attached hydrogen (secondary N) is 1. The van der Waals surface area contributed by atoms with Crippen molar-refractivity contribution >= 4 is 11.8 Å². The van der Waals surface area contributed by atoms with Gasteiger partial charge in [0.25, 0.3) is 0 Å². The van der Waals surface area contributed by atoms with E-state index in [-0.39, 0.29) is 0 Å². The molecule has 0 aliphatic carbocycles. The maximum atomic E-state index is 5.40. The molecule has 0 saturated carbocycles. The number of thioether (sulfide) groups is 1. The zero-order valence-corrected chi connectivity index (χ0v) is 9.08. The Morgan fingerprint density at radius 1 is 1.58 bits per heavy atom. The Labute approximate surface area is 80.0 Å². The first-order valence-corrected chi connectivity index (χ1v) is 5.33. The molecule has 3 N–H and O–H groups in total. The van der Waals surface area contributed by atoms with Gasteiger partial charge in [-0.3, -0.25) is 11.3 Å². The average Bonchev–Trinajstić information content (AvgIpc) is 1.97. The molecule has 0 aliphatic rings. The number of rotatable bonds is 6. The van der Waals surface area contributed by atoms with Crippen LogP contribution in [0.15, 0.2) is 12.2 Å². The van der Waals surface area contributed by atoms with Gasteiger partial charge < -0.3 is 0 Å². The van der Waals surface area contributed by atoms with Gasteiger partial charge in [-0.15, -0.1) is 6.58 Å². The summed E-state index contributed by atoms with van der Waals surface area (Å²) in [6.07, 6.45) is 0.968. The van der Waals surface area contributed by atoms with Crippen LogP contribution in [0.25, 0.3) is 0 Å². The predicted molar refractivity (Wildman–Crippen MR) is 58.1 cm³/mol. The molecule has 0 aromatic heterocycles. The lowest BCUT2D eigenvalue weighted by atomic mass is 10.1. The Kier molecular flexibility index (Phi) is 6.52. The summed E-state index contributed by atoms with van der Waals surface area (Å²) in [5.74, 6) is 6.46. The maximum absolute atomic E-state index is 5.40. The number of hydrazine groups is 1. The lowest BCUT2D eigenvalue weighted by Crippen LogP contribution is -2.37. The summed E-state index contributed by atoms with van der Waals surface area (Å²) in [5, 5.41) is 0.672. The highest BCUT2D eigenvalue weighted by Gasteiger charge is 2.07. The van der Waals surface area contributed by atoms with E-state index in [4.69, 9.17) is 5.84 Å². The molecule has 0 bridgehead atoms. The SMILES string of the molecule is C=C(C)CC(CSC(C)C)NN. The molecule has 0 aliphatic heterocycles. The second kappa shape index (κ2) is 6.52. The van der Waals surface area contributed by atoms with Gasteiger partial charge in [-0.05, 0) is 18.6 Å². The molecule has 72 valence electrons. The third kappa shape index (κ3) is 6.70. The topological polar surface area (TPSA) is 38.0 Å². The van der Waals surface area contributed by atoms with Crippen LogP contribution in [0.2, 0.25) is 0 Å². The summed E-state index contributed by atoms with van der Waals surface area (Å²) >= 11 is 1.92. The van der Waals surface area contributed by atoms with Gasteiger partial charge in [-0.2, -0.15) is 11.8 Å². The van der Waals surface area contributed by atoms with Crippen LogP contribution in [0.1, 0.15) is 27.2 Å². The standard InChI is InChI=1S/C9H20N2S/c1-7(2)5-9(11-10)6-12-8(3)4/h8-9,11H,1,5-6,10H2,2-4H3. The lowest BCUT2D eigenvalue weighted by molar-refractivity contribution is 0.573. The van der Waals surface area contributed by atoms with Crippen molar-refractivity contribution in [3.8, 4) is 0 Å². The minimum absolute atomic E-state index is 0.370. The van der Waals surface area contributed by atoms with E-state index in [1.54, 1.807) is 0 Å². The smallest absolute Gasteiger partial charge is 0.0338 e. The summed E-state index contributed by atoms with van der Waals surface area (Å²) in [5.41, 5.74) is 3.99. The lowest BCUT2D eigenvalue weighted by Gasteiger charge is -2.16. The third-order valence-electron chi connectivity index (χ3n) is 1.46. The molecule has 0 spiro atoms. The van der Waals surface area contributed by atoms with E-state index in [2.05, 4.69) is 25.9 Å². The minimum atomic E-state index is 0.370.